The lowest BCUT2D eigenvalue weighted by atomic mass is 9.90. The van der Waals surface area contributed by atoms with Crippen LogP contribution in [0.25, 0.3) is 76.9 Å². The van der Waals surface area contributed by atoms with Gasteiger partial charge < -0.3 is 9.32 Å². The summed E-state index contributed by atoms with van der Waals surface area (Å²) < 4.78 is 6.30. The SMILES string of the molecule is c1ccc(-c2ccc(N(c3ccccc3)c3ccc(-c4ccc5oc6ccc7ccccc7c6c5c4)cc3)cc2-c2cccc3ccccc23)cc1. The van der Waals surface area contributed by atoms with E-state index in [-0.39, 0.29) is 0 Å². The van der Waals surface area contributed by atoms with Gasteiger partial charge in [0.25, 0.3) is 0 Å². The summed E-state index contributed by atoms with van der Waals surface area (Å²) in [5.74, 6) is 0. The predicted octanol–water partition coefficient (Wildman–Crippen LogP) is 14.4. The number of hydrogen-bond acceptors (Lipinski definition) is 2. The molecule has 1 aromatic heterocycles. The molecule has 0 N–H and O–H groups in total. The monoisotopic (exact) mass is 663 g/mol. The lowest BCUT2D eigenvalue weighted by Gasteiger charge is -2.27. The normalized spacial score (nSPS) is 11.5. The number of rotatable bonds is 6. The molecule has 0 aliphatic heterocycles. The Labute approximate surface area is 302 Å². The molecular formula is C50H33NO. The summed E-state index contributed by atoms with van der Waals surface area (Å²) in [6, 6.07) is 71.7. The van der Waals surface area contributed by atoms with Crippen LogP contribution in [0.1, 0.15) is 0 Å². The van der Waals surface area contributed by atoms with Crippen molar-refractivity contribution in [3.63, 3.8) is 0 Å². The van der Waals surface area contributed by atoms with E-state index in [0.29, 0.717) is 0 Å². The second kappa shape index (κ2) is 12.5. The molecule has 10 aromatic rings. The van der Waals surface area contributed by atoms with Gasteiger partial charge >= 0.3 is 0 Å². The highest BCUT2D eigenvalue weighted by Gasteiger charge is 2.18. The Kier molecular flexibility index (Phi) is 7.18. The van der Waals surface area contributed by atoms with E-state index in [1.165, 1.54) is 49.2 Å². The Morgan fingerprint density at radius 2 is 0.923 bits per heavy atom. The van der Waals surface area contributed by atoms with Gasteiger partial charge in [-0.15, -0.1) is 0 Å². The van der Waals surface area contributed by atoms with Crippen molar-refractivity contribution in [2.45, 2.75) is 0 Å². The molecule has 0 spiro atoms. The van der Waals surface area contributed by atoms with Crippen LogP contribution in [0.3, 0.4) is 0 Å². The first kappa shape index (κ1) is 30.0. The van der Waals surface area contributed by atoms with Gasteiger partial charge in [0.05, 0.1) is 0 Å². The molecule has 0 amide bonds. The maximum absolute atomic E-state index is 6.30. The fourth-order valence-corrected chi connectivity index (χ4v) is 7.78. The fraction of sp³-hybridized carbons (Fsp3) is 0. The lowest BCUT2D eigenvalue weighted by Crippen LogP contribution is -2.10. The van der Waals surface area contributed by atoms with Crippen LogP contribution in [0.4, 0.5) is 17.1 Å². The van der Waals surface area contributed by atoms with E-state index in [1.807, 2.05) is 0 Å². The maximum atomic E-state index is 6.30. The number of hydrogen-bond donors (Lipinski definition) is 0. The van der Waals surface area contributed by atoms with Crippen molar-refractivity contribution < 1.29 is 4.42 Å². The smallest absolute Gasteiger partial charge is 0.136 e. The highest BCUT2D eigenvalue weighted by Crippen LogP contribution is 2.43. The van der Waals surface area contributed by atoms with Gasteiger partial charge in [-0.3, -0.25) is 0 Å². The third-order valence-corrected chi connectivity index (χ3v) is 10.3. The van der Waals surface area contributed by atoms with E-state index in [2.05, 4.69) is 205 Å². The first-order valence-electron chi connectivity index (χ1n) is 17.8. The molecular weight excluding hydrogens is 631 g/mol. The van der Waals surface area contributed by atoms with Crippen molar-refractivity contribution in [3.05, 3.63) is 200 Å². The molecule has 52 heavy (non-hydrogen) atoms. The summed E-state index contributed by atoms with van der Waals surface area (Å²) in [5.41, 5.74) is 12.3. The second-order valence-electron chi connectivity index (χ2n) is 13.3. The third kappa shape index (κ3) is 5.12. The van der Waals surface area contributed by atoms with Crippen molar-refractivity contribution in [2.24, 2.45) is 0 Å². The average Bonchev–Trinajstić information content (AvgIpc) is 3.60. The van der Waals surface area contributed by atoms with Gasteiger partial charge in [0, 0.05) is 27.8 Å². The third-order valence-electron chi connectivity index (χ3n) is 10.3. The number of benzene rings is 9. The lowest BCUT2D eigenvalue weighted by molar-refractivity contribution is 0.669. The molecule has 1 heterocycles. The summed E-state index contributed by atoms with van der Waals surface area (Å²) in [6.07, 6.45) is 0. The molecule has 0 saturated heterocycles. The van der Waals surface area contributed by atoms with Crippen LogP contribution < -0.4 is 4.90 Å². The molecule has 0 radical (unpaired) electrons. The number of anilines is 3. The Morgan fingerprint density at radius 1 is 0.308 bits per heavy atom. The molecule has 0 aliphatic rings. The van der Waals surface area contributed by atoms with Gasteiger partial charge in [0.1, 0.15) is 11.2 Å². The molecule has 0 saturated carbocycles. The topological polar surface area (TPSA) is 16.4 Å². The van der Waals surface area contributed by atoms with Crippen LogP contribution in [0.5, 0.6) is 0 Å². The van der Waals surface area contributed by atoms with Crippen molar-refractivity contribution in [1.29, 1.82) is 0 Å². The van der Waals surface area contributed by atoms with Gasteiger partial charge in [-0.05, 0) is 110 Å². The van der Waals surface area contributed by atoms with Crippen LogP contribution in [-0.2, 0) is 0 Å². The molecule has 0 unspecified atom stereocenters. The molecule has 10 rings (SSSR count). The number of furan rings is 1. The van der Waals surface area contributed by atoms with Gasteiger partial charge in [-0.25, -0.2) is 0 Å². The Morgan fingerprint density at radius 3 is 1.73 bits per heavy atom. The first-order chi connectivity index (χ1) is 25.8. The summed E-state index contributed by atoms with van der Waals surface area (Å²) in [7, 11) is 0. The predicted molar refractivity (Wildman–Crippen MR) is 220 cm³/mol. The van der Waals surface area contributed by atoms with Gasteiger partial charge in [0.15, 0.2) is 0 Å². The average molecular weight is 664 g/mol. The molecule has 2 nitrogen and oxygen atoms in total. The highest BCUT2D eigenvalue weighted by atomic mass is 16.3. The molecule has 244 valence electrons. The van der Waals surface area contributed by atoms with Crippen molar-refractivity contribution >= 4 is 60.5 Å². The quantitative estimate of drug-likeness (QED) is 0.176. The molecule has 0 bridgehead atoms. The van der Waals surface area contributed by atoms with E-state index >= 15 is 0 Å². The summed E-state index contributed by atoms with van der Waals surface area (Å²) in [4.78, 5) is 2.35. The van der Waals surface area contributed by atoms with Crippen molar-refractivity contribution in [2.75, 3.05) is 4.90 Å². The van der Waals surface area contributed by atoms with Crippen LogP contribution >= 0.6 is 0 Å². The standard InChI is InChI=1S/C50H33NO/c1-3-12-35(13-4-1)43-29-28-41(33-46(43)45-21-11-16-36-14-7-9-19-42(36)45)51(39-17-5-2-6-18-39)40-26-22-34(23-27-40)38-25-30-48-47(32-38)50-44-20-10-8-15-37(44)24-31-49(50)52-48/h1-33H. The van der Waals surface area contributed by atoms with Crippen molar-refractivity contribution in [3.8, 4) is 33.4 Å². The molecule has 2 heteroatoms. The van der Waals surface area contributed by atoms with Crippen LogP contribution in [0.15, 0.2) is 205 Å². The summed E-state index contributed by atoms with van der Waals surface area (Å²) >= 11 is 0. The molecule has 9 aromatic carbocycles. The van der Waals surface area contributed by atoms with Gasteiger partial charge in [-0.1, -0.05) is 146 Å². The zero-order valence-corrected chi connectivity index (χ0v) is 28.4. The van der Waals surface area contributed by atoms with E-state index in [0.717, 1.165) is 44.7 Å². The van der Waals surface area contributed by atoms with E-state index < -0.39 is 0 Å². The summed E-state index contributed by atoms with van der Waals surface area (Å²) in [5, 5.41) is 7.21. The second-order valence-corrected chi connectivity index (χ2v) is 13.3. The van der Waals surface area contributed by atoms with Gasteiger partial charge in [0.2, 0.25) is 0 Å². The number of nitrogens with zero attached hydrogens (tertiary/aromatic N) is 1. The molecule has 0 fully saturated rings. The molecule has 0 atom stereocenters. The Hall–Kier alpha value is -6.90. The van der Waals surface area contributed by atoms with E-state index in [1.54, 1.807) is 0 Å². The minimum absolute atomic E-state index is 0.905. The van der Waals surface area contributed by atoms with Crippen LogP contribution in [0.2, 0.25) is 0 Å². The maximum Gasteiger partial charge on any atom is 0.136 e. The Balaban J connectivity index is 1.11. The minimum Gasteiger partial charge on any atom is -0.456 e. The fourth-order valence-electron chi connectivity index (χ4n) is 7.78. The highest BCUT2D eigenvalue weighted by molar-refractivity contribution is 6.19. The van der Waals surface area contributed by atoms with Crippen LogP contribution in [-0.4, -0.2) is 0 Å². The van der Waals surface area contributed by atoms with Gasteiger partial charge in [-0.2, -0.15) is 0 Å². The first-order valence-corrected chi connectivity index (χ1v) is 17.8. The number of fused-ring (bicyclic) bond motifs is 6. The number of para-hydroxylation sites is 1. The van der Waals surface area contributed by atoms with E-state index in [9.17, 15) is 0 Å². The van der Waals surface area contributed by atoms with Crippen molar-refractivity contribution in [1.82, 2.24) is 0 Å². The zero-order chi connectivity index (χ0) is 34.4. The summed E-state index contributed by atoms with van der Waals surface area (Å²) in [6.45, 7) is 0. The molecule has 0 aliphatic carbocycles. The Bertz CT molecular complexity index is 2880. The van der Waals surface area contributed by atoms with Crippen LogP contribution in [0, 0.1) is 0 Å². The zero-order valence-electron chi connectivity index (χ0n) is 28.4. The van der Waals surface area contributed by atoms with E-state index in [4.69, 9.17) is 4.42 Å². The largest absolute Gasteiger partial charge is 0.456 e. The minimum atomic E-state index is 0.905.